The summed E-state index contributed by atoms with van der Waals surface area (Å²) < 4.78 is 0. The van der Waals surface area contributed by atoms with Crippen LogP contribution in [0.25, 0.3) is 0 Å². The summed E-state index contributed by atoms with van der Waals surface area (Å²) in [5.74, 6) is 0.731. The van der Waals surface area contributed by atoms with Crippen LogP contribution in [0, 0.1) is 32.1 Å². The van der Waals surface area contributed by atoms with E-state index in [0.29, 0.717) is 11.5 Å². The Balaban J connectivity index is 2.97. The van der Waals surface area contributed by atoms with Crippen molar-refractivity contribution in [3.8, 4) is 0 Å². The van der Waals surface area contributed by atoms with E-state index in [0.717, 1.165) is 12.5 Å². The van der Waals surface area contributed by atoms with Gasteiger partial charge in [0.25, 0.3) is 0 Å². The second-order valence-electron chi connectivity index (χ2n) is 8.03. The van der Waals surface area contributed by atoms with E-state index in [1.165, 1.54) is 35.1 Å². The second-order valence-corrected chi connectivity index (χ2v) is 8.03. The second kappa shape index (κ2) is 7.45. The van der Waals surface area contributed by atoms with Crippen molar-refractivity contribution in [1.82, 2.24) is 5.32 Å². The van der Waals surface area contributed by atoms with Gasteiger partial charge in [0.15, 0.2) is 0 Å². The molecule has 0 aliphatic rings. The highest BCUT2D eigenvalue weighted by molar-refractivity contribution is 5.39. The topological polar surface area (TPSA) is 12.0 Å². The van der Waals surface area contributed by atoms with Crippen molar-refractivity contribution in [1.29, 1.82) is 0 Å². The zero-order chi connectivity index (χ0) is 16.2. The average Bonchev–Trinajstić information content (AvgIpc) is 2.24. The van der Waals surface area contributed by atoms with E-state index in [9.17, 15) is 0 Å². The van der Waals surface area contributed by atoms with Gasteiger partial charge in [-0.15, -0.1) is 0 Å². The summed E-state index contributed by atoms with van der Waals surface area (Å²) in [6, 6.07) is 5.12. The fourth-order valence-corrected chi connectivity index (χ4v) is 3.82. The molecule has 0 aliphatic carbocycles. The maximum atomic E-state index is 3.72. The molecule has 1 aromatic carbocycles. The molecule has 1 aromatic rings. The van der Waals surface area contributed by atoms with Crippen LogP contribution >= 0.6 is 0 Å². The summed E-state index contributed by atoms with van der Waals surface area (Å²) in [5, 5.41) is 3.72. The van der Waals surface area contributed by atoms with Crippen molar-refractivity contribution in [2.24, 2.45) is 11.3 Å². The lowest BCUT2D eigenvalue weighted by atomic mass is 9.81. The van der Waals surface area contributed by atoms with Crippen LogP contribution in [-0.4, -0.2) is 6.54 Å². The van der Waals surface area contributed by atoms with Gasteiger partial charge in [-0.2, -0.15) is 0 Å². The van der Waals surface area contributed by atoms with Gasteiger partial charge < -0.3 is 5.32 Å². The largest absolute Gasteiger partial charge is 0.310 e. The molecule has 0 heterocycles. The molecule has 1 rings (SSSR count). The third-order valence-electron chi connectivity index (χ3n) is 4.14. The van der Waals surface area contributed by atoms with E-state index in [4.69, 9.17) is 0 Å². The molecule has 0 radical (unpaired) electrons. The highest BCUT2D eigenvalue weighted by atomic mass is 14.9. The van der Waals surface area contributed by atoms with E-state index in [1.54, 1.807) is 0 Å². The Bertz CT molecular complexity index is 430. The number of aryl methyl sites for hydroxylation is 3. The average molecular weight is 290 g/mol. The fourth-order valence-electron chi connectivity index (χ4n) is 3.82. The quantitative estimate of drug-likeness (QED) is 0.705. The highest BCUT2D eigenvalue weighted by Gasteiger charge is 2.22. The molecule has 0 saturated carbocycles. The summed E-state index contributed by atoms with van der Waals surface area (Å²) >= 11 is 0. The number of hydrogen-bond acceptors (Lipinski definition) is 1. The molecule has 0 bridgehead atoms. The first-order valence-electron chi connectivity index (χ1n) is 8.45. The van der Waals surface area contributed by atoms with Crippen molar-refractivity contribution < 1.29 is 0 Å². The molecule has 1 nitrogen and oxygen atoms in total. The van der Waals surface area contributed by atoms with Crippen LogP contribution in [0.15, 0.2) is 12.1 Å². The van der Waals surface area contributed by atoms with Crippen molar-refractivity contribution >= 4 is 0 Å². The van der Waals surface area contributed by atoms with Gasteiger partial charge >= 0.3 is 0 Å². The minimum atomic E-state index is 0.410. The Kier molecular flexibility index (Phi) is 6.46. The van der Waals surface area contributed by atoms with Gasteiger partial charge in [-0.3, -0.25) is 0 Å². The Morgan fingerprint density at radius 2 is 1.57 bits per heavy atom. The lowest BCUT2D eigenvalue weighted by Crippen LogP contribution is -2.25. The molecule has 1 heteroatoms. The highest BCUT2D eigenvalue weighted by Crippen LogP contribution is 2.33. The normalized spacial score (nSPS) is 15.0. The van der Waals surface area contributed by atoms with Gasteiger partial charge in [0.05, 0.1) is 0 Å². The molecule has 120 valence electrons. The molecule has 0 aliphatic heterocycles. The third-order valence-corrected chi connectivity index (χ3v) is 4.14. The SMILES string of the molecule is CCNC(CC(C)CC(C)(C)C)c1c(C)cc(C)cc1C. The van der Waals surface area contributed by atoms with E-state index < -0.39 is 0 Å². The Labute approximate surface area is 132 Å². The summed E-state index contributed by atoms with van der Waals surface area (Å²) in [6.07, 6.45) is 2.49. The maximum absolute atomic E-state index is 3.72. The predicted octanol–water partition coefficient (Wildman–Crippen LogP) is 5.72. The van der Waals surface area contributed by atoms with Gasteiger partial charge in [-0.1, -0.05) is 52.3 Å². The number of rotatable bonds is 6. The third kappa shape index (κ3) is 5.82. The van der Waals surface area contributed by atoms with Crippen LogP contribution in [0.5, 0.6) is 0 Å². The van der Waals surface area contributed by atoms with Crippen LogP contribution in [-0.2, 0) is 0 Å². The first kappa shape index (κ1) is 18.2. The lowest BCUT2D eigenvalue weighted by molar-refractivity contribution is 0.276. The summed E-state index contributed by atoms with van der Waals surface area (Å²) in [5.41, 5.74) is 6.16. The standard InChI is InChI=1S/C20H35N/c1-9-21-18(12-15(3)13-20(6,7)8)19-16(4)10-14(2)11-17(19)5/h10-11,15,18,21H,9,12-13H2,1-8H3. The fraction of sp³-hybridized carbons (Fsp3) is 0.700. The first-order valence-corrected chi connectivity index (χ1v) is 8.45. The zero-order valence-electron chi connectivity index (χ0n) is 15.4. The van der Waals surface area contributed by atoms with Crippen molar-refractivity contribution in [3.05, 3.63) is 34.4 Å². The Morgan fingerprint density at radius 1 is 1.05 bits per heavy atom. The van der Waals surface area contributed by atoms with Gasteiger partial charge in [-0.05, 0) is 68.2 Å². The number of hydrogen-bond donors (Lipinski definition) is 1. The smallest absolute Gasteiger partial charge is 0.0327 e. The molecule has 0 aromatic heterocycles. The van der Waals surface area contributed by atoms with E-state index in [2.05, 4.69) is 72.8 Å². The maximum Gasteiger partial charge on any atom is 0.0327 e. The molecule has 21 heavy (non-hydrogen) atoms. The Morgan fingerprint density at radius 3 is 2.00 bits per heavy atom. The molecular weight excluding hydrogens is 254 g/mol. The first-order chi connectivity index (χ1) is 9.64. The predicted molar refractivity (Wildman–Crippen MR) is 94.9 cm³/mol. The van der Waals surface area contributed by atoms with Crippen molar-refractivity contribution in [3.63, 3.8) is 0 Å². The summed E-state index contributed by atoms with van der Waals surface area (Å²) in [4.78, 5) is 0. The van der Waals surface area contributed by atoms with Crippen LogP contribution in [0.2, 0.25) is 0 Å². The van der Waals surface area contributed by atoms with Gasteiger partial charge in [0, 0.05) is 6.04 Å². The Hall–Kier alpha value is -0.820. The van der Waals surface area contributed by atoms with Gasteiger partial charge in [0.1, 0.15) is 0 Å². The van der Waals surface area contributed by atoms with Gasteiger partial charge in [-0.25, -0.2) is 0 Å². The molecule has 0 spiro atoms. The zero-order valence-corrected chi connectivity index (χ0v) is 15.4. The van der Waals surface area contributed by atoms with E-state index in [1.807, 2.05) is 0 Å². The summed E-state index contributed by atoms with van der Waals surface area (Å²) in [7, 11) is 0. The molecule has 0 amide bonds. The molecule has 2 unspecified atom stereocenters. The van der Waals surface area contributed by atoms with Crippen LogP contribution in [0.1, 0.15) is 75.8 Å². The molecule has 1 N–H and O–H groups in total. The number of benzene rings is 1. The van der Waals surface area contributed by atoms with Crippen molar-refractivity contribution in [2.45, 2.75) is 74.3 Å². The van der Waals surface area contributed by atoms with Crippen LogP contribution < -0.4 is 5.32 Å². The monoisotopic (exact) mass is 289 g/mol. The van der Waals surface area contributed by atoms with E-state index >= 15 is 0 Å². The van der Waals surface area contributed by atoms with E-state index in [-0.39, 0.29) is 0 Å². The minimum Gasteiger partial charge on any atom is -0.310 e. The van der Waals surface area contributed by atoms with Gasteiger partial charge in [0.2, 0.25) is 0 Å². The molecule has 0 fully saturated rings. The van der Waals surface area contributed by atoms with Crippen LogP contribution in [0.4, 0.5) is 0 Å². The minimum absolute atomic E-state index is 0.410. The molecule has 2 atom stereocenters. The number of nitrogens with one attached hydrogen (secondary N) is 1. The summed E-state index contributed by atoms with van der Waals surface area (Å²) in [6.45, 7) is 19.4. The van der Waals surface area contributed by atoms with Crippen molar-refractivity contribution in [2.75, 3.05) is 6.54 Å². The lowest BCUT2D eigenvalue weighted by Gasteiger charge is -2.29. The van der Waals surface area contributed by atoms with Crippen LogP contribution in [0.3, 0.4) is 0 Å². The molecular formula is C20H35N. The molecule has 0 saturated heterocycles.